The van der Waals surface area contributed by atoms with E-state index in [9.17, 15) is 4.79 Å². The third-order valence-electron chi connectivity index (χ3n) is 3.88. The first-order chi connectivity index (χ1) is 12.1. The summed E-state index contributed by atoms with van der Waals surface area (Å²) >= 11 is 0. The van der Waals surface area contributed by atoms with Crippen LogP contribution in [0.2, 0.25) is 0 Å². The van der Waals surface area contributed by atoms with Gasteiger partial charge in [-0.05, 0) is 36.1 Å². The molecule has 6 nitrogen and oxygen atoms in total. The highest BCUT2D eigenvalue weighted by Crippen LogP contribution is 2.21. The monoisotopic (exact) mass is 333 g/mol. The van der Waals surface area contributed by atoms with Gasteiger partial charge in [0.05, 0.1) is 0 Å². The molecular formula is C19H19N5O. The molecule has 0 aliphatic carbocycles. The largest absolute Gasteiger partial charge is 0.382 e. The van der Waals surface area contributed by atoms with E-state index >= 15 is 0 Å². The molecule has 0 saturated carbocycles. The number of nitrogens with zero attached hydrogens (tertiary/aromatic N) is 2. The highest BCUT2D eigenvalue weighted by molar-refractivity contribution is 6.07. The van der Waals surface area contributed by atoms with Gasteiger partial charge >= 0.3 is 0 Å². The highest BCUT2D eigenvalue weighted by atomic mass is 16.1. The molecule has 0 spiro atoms. The molecule has 0 aliphatic rings. The van der Waals surface area contributed by atoms with E-state index in [0.717, 1.165) is 18.4 Å². The molecule has 3 aromatic rings. The summed E-state index contributed by atoms with van der Waals surface area (Å²) in [6.07, 6.45) is 3.02. The lowest BCUT2D eigenvalue weighted by atomic mass is 10.0. The molecule has 0 saturated heterocycles. The van der Waals surface area contributed by atoms with Gasteiger partial charge in [-0.3, -0.25) is 4.79 Å². The Kier molecular flexibility index (Phi) is 4.89. The SMILES string of the molecule is Nc1ncnc(N)c1NC(=O)c1cccc(CCc2ccccc2)c1. The van der Waals surface area contributed by atoms with E-state index in [4.69, 9.17) is 11.5 Å². The van der Waals surface area contributed by atoms with Gasteiger partial charge in [0.15, 0.2) is 11.6 Å². The Bertz CT molecular complexity index is 860. The average Bonchev–Trinajstić information content (AvgIpc) is 2.64. The van der Waals surface area contributed by atoms with Crippen LogP contribution in [0, 0.1) is 0 Å². The third-order valence-corrected chi connectivity index (χ3v) is 3.88. The van der Waals surface area contributed by atoms with E-state index in [1.54, 1.807) is 6.07 Å². The fraction of sp³-hybridized carbons (Fsp3) is 0.105. The van der Waals surface area contributed by atoms with Crippen molar-refractivity contribution >= 4 is 23.2 Å². The van der Waals surface area contributed by atoms with Crippen LogP contribution in [0.15, 0.2) is 60.9 Å². The Morgan fingerprint density at radius 1 is 0.880 bits per heavy atom. The standard InChI is InChI=1S/C19H19N5O/c20-17-16(18(21)23-12-22-17)24-19(25)15-8-4-7-14(11-15)10-9-13-5-2-1-3-6-13/h1-8,11-12H,9-10H2,(H,24,25)(H4,20,21,22,23). The van der Waals surface area contributed by atoms with Crippen molar-refractivity contribution in [1.82, 2.24) is 9.97 Å². The van der Waals surface area contributed by atoms with Crippen LogP contribution in [0.5, 0.6) is 0 Å². The molecule has 0 bridgehead atoms. The van der Waals surface area contributed by atoms with Gasteiger partial charge in [0.1, 0.15) is 12.0 Å². The third kappa shape index (κ3) is 4.11. The molecule has 2 aromatic carbocycles. The lowest BCUT2D eigenvalue weighted by Crippen LogP contribution is -2.16. The maximum absolute atomic E-state index is 12.5. The fourth-order valence-electron chi connectivity index (χ4n) is 2.53. The van der Waals surface area contributed by atoms with Crippen molar-refractivity contribution in [2.75, 3.05) is 16.8 Å². The summed E-state index contributed by atoms with van der Waals surface area (Å²) in [4.78, 5) is 20.1. The number of aryl methyl sites for hydroxylation is 2. The zero-order valence-corrected chi connectivity index (χ0v) is 13.6. The molecule has 25 heavy (non-hydrogen) atoms. The maximum Gasteiger partial charge on any atom is 0.255 e. The molecule has 1 heterocycles. The first kappa shape index (κ1) is 16.4. The first-order valence-corrected chi connectivity index (χ1v) is 7.93. The van der Waals surface area contributed by atoms with Crippen LogP contribution in [-0.4, -0.2) is 15.9 Å². The van der Waals surface area contributed by atoms with Gasteiger partial charge in [-0.1, -0.05) is 42.5 Å². The van der Waals surface area contributed by atoms with Gasteiger partial charge in [-0.15, -0.1) is 0 Å². The average molecular weight is 333 g/mol. The molecule has 5 N–H and O–H groups in total. The van der Waals surface area contributed by atoms with Crippen LogP contribution in [0.4, 0.5) is 17.3 Å². The van der Waals surface area contributed by atoms with Crippen LogP contribution >= 0.6 is 0 Å². The molecule has 0 fully saturated rings. The molecule has 126 valence electrons. The summed E-state index contributed by atoms with van der Waals surface area (Å²) in [5, 5.41) is 2.68. The molecule has 0 radical (unpaired) electrons. The Labute approximate surface area is 145 Å². The van der Waals surface area contributed by atoms with Crippen LogP contribution < -0.4 is 16.8 Å². The van der Waals surface area contributed by atoms with E-state index < -0.39 is 0 Å². The van der Waals surface area contributed by atoms with Gasteiger partial charge in [-0.2, -0.15) is 0 Å². The second-order valence-corrected chi connectivity index (χ2v) is 5.66. The van der Waals surface area contributed by atoms with Gasteiger partial charge in [0, 0.05) is 5.56 Å². The quantitative estimate of drug-likeness (QED) is 0.665. The van der Waals surface area contributed by atoms with Crippen molar-refractivity contribution in [3.63, 3.8) is 0 Å². The van der Waals surface area contributed by atoms with Crippen molar-refractivity contribution in [2.24, 2.45) is 0 Å². The van der Waals surface area contributed by atoms with Crippen LogP contribution in [0.3, 0.4) is 0 Å². The zero-order chi connectivity index (χ0) is 17.6. The number of amides is 1. The lowest BCUT2D eigenvalue weighted by Gasteiger charge is -2.10. The lowest BCUT2D eigenvalue weighted by molar-refractivity contribution is 0.102. The second kappa shape index (κ2) is 7.44. The number of benzene rings is 2. The van der Waals surface area contributed by atoms with Crippen molar-refractivity contribution < 1.29 is 4.79 Å². The molecule has 1 amide bonds. The van der Waals surface area contributed by atoms with E-state index in [1.165, 1.54) is 11.9 Å². The number of carbonyl (C=O) groups excluding carboxylic acids is 1. The number of rotatable bonds is 5. The summed E-state index contributed by atoms with van der Waals surface area (Å²) in [7, 11) is 0. The Hall–Kier alpha value is -3.41. The van der Waals surface area contributed by atoms with Gasteiger partial charge in [0.2, 0.25) is 0 Å². The minimum Gasteiger partial charge on any atom is -0.382 e. The fourth-order valence-corrected chi connectivity index (χ4v) is 2.53. The summed E-state index contributed by atoms with van der Waals surface area (Å²) in [5.74, 6) is -0.0167. The number of nitrogens with one attached hydrogen (secondary N) is 1. The van der Waals surface area contributed by atoms with Crippen molar-refractivity contribution in [3.8, 4) is 0 Å². The van der Waals surface area contributed by atoms with Crippen molar-refractivity contribution in [3.05, 3.63) is 77.6 Å². The predicted octanol–water partition coefficient (Wildman–Crippen LogP) is 2.68. The Morgan fingerprint density at radius 2 is 1.52 bits per heavy atom. The number of carbonyl (C=O) groups is 1. The van der Waals surface area contributed by atoms with Crippen molar-refractivity contribution in [1.29, 1.82) is 0 Å². The molecule has 0 unspecified atom stereocenters. The Morgan fingerprint density at radius 3 is 2.24 bits per heavy atom. The highest BCUT2D eigenvalue weighted by Gasteiger charge is 2.12. The van der Waals surface area contributed by atoms with Gasteiger partial charge in [0.25, 0.3) is 5.91 Å². The minimum atomic E-state index is -0.297. The van der Waals surface area contributed by atoms with Crippen LogP contribution in [0.1, 0.15) is 21.5 Å². The van der Waals surface area contributed by atoms with E-state index in [1.807, 2.05) is 36.4 Å². The molecule has 6 heteroatoms. The summed E-state index contributed by atoms with van der Waals surface area (Å²) in [5.41, 5.74) is 14.6. The molecule has 3 rings (SSSR count). The first-order valence-electron chi connectivity index (χ1n) is 7.93. The summed E-state index contributed by atoms with van der Waals surface area (Å²) in [6.45, 7) is 0. The summed E-state index contributed by atoms with van der Waals surface area (Å²) < 4.78 is 0. The molecule has 0 aliphatic heterocycles. The number of anilines is 3. The number of nitrogen functional groups attached to an aromatic ring is 2. The van der Waals surface area contributed by atoms with Crippen LogP contribution in [-0.2, 0) is 12.8 Å². The Balaban J connectivity index is 1.71. The van der Waals surface area contributed by atoms with Gasteiger partial charge in [-0.25, -0.2) is 9.97 Å². The molecular weight excluding hydrogens is 314 g/mol. The minimum absolute atomic E-state index is 0.140. The molecule has 1 aromatic heterocycles. The van der Waals surface area contributed by atoms with E-state index in [-0.39, 0.29) is 23.2 Å². The molecule has 0 atom stereocenters. The number of nitrogens with two attached hydrogens (primary N) is 2. The van der Waals surface area contributed by atoms with E-state index in [0.29, 0.717) is 5.56 Å². The predicted molar refractivity (Wildman–Crippen MR) is 99.1 cm³/mol. The number of hydrogen-bond donors (Lipinski definition) is 3. The topological polar surface area (TPSA) is 107 Å². The van der Waals surface area contributed by atoms with Crippen molar-refractivity contribution in [2.45, 2.75) is 12.8 Å². The number of hydrogen-bond acceptors (Lipinski definition) is 5. The zero-order valence-electron chi connectivity index (χ0n) is 13.6. The van der Waals surface area contributed by atoms with Crippen LogP contribution in [0.25, 0.3) is 0 Å². The van der Waals surface area contributed by atoms with Gasteiger partial charge < -0.3 is 16.8 Å². The smallest absolute Gasteiger partial charge is 0.255 e. The summed E-state index contributed by atoms with van der Waals surface area (Å²) in [6, 6.07) is 17.7. The number of aromatic nitrogens is 2. The van der Waals surface area contributed by atoms with E-state index in [2.05, 4.69) is 27.4 Å². The second-order valence-electron chi connectivity index (χ2n) is 5.66. The normalized spacial score (nSPS) is 10.4. The maximum atomic E-state index is 12.5.